The number of nitrogens with zero attached hydrogens (tertiary/aromatic N) is 3. The lowest BCUT2D eigenvalue weighted by Crippen LogP contribution is -2.44. The van der Waals surface area contributed by atoms with E-state index in [0.29, 0.717) is 24.6 Å². The zero-order chi connectivity index (χ0) is 18.7. The summed E-state index contributed by atoms with van der Waals surface area (Å²) in [5, 5.41) is 14.5. The Hall–Kier alpha value is -1.99. The molecule has 142 valence electrons. The van der Waals surface area contributed by atoms with Gasteiger partial charge < -0.3 is 19.4 Å². The van der Waals surface area contributed by atoms with Crippen molar-refractivity contribution in [3.05, 3.63) is 29.7 Å². The molecule has 6 nitrogen and oxygen atoms in total. The van der Waals surface area contributed by atoms with E-state index in [1.54, 1.807) is 11.0 Å². The molecule has 0 aliphatic carbocycles. The highest BCUT2D eigenvalue weighted by Crippen LogP contribution is 2.32. The summed E-state index contributed by atoms with van der Waals surface area (Å²) in [6, 6.07) is 4.56. The van der Waals surface area contributed by atoms with E-state index >= 15 is 0 Å². The van der Waals surface area contributed by atoms with Gasteiger partial charge in [0.1, 0.15) is 11.9 Å². The lowest BCUT2D eigenvalue weighted by Gasteiger charge is -2.33. The van der Waals surface area contributed by atoms with Crippen molar-refractivity contribution in [3.8, 4) is 0 Å². The van der Waals surface area contributed by atoms with Crippen LogP contribution in [0.3, 0.4) is 0 Å². The number of likely N-dealkylation sites (N-methyl/N-ethyl adjacent to an activating group) is 1. The predicted molar refractivity (Wildman–Crippen MR) is 96.3 cm³/mol. The van der Waals surface area contributed by atoms with Gasteiger partial charge in [-0.25, -0.2) is 4.39 Å². The van der Waals surface area contributed by atoms with Crippen molar-refractivity contribution in [2.24, 2.45) is 0 Å². The van der Waals surface area contributed by atoms with E-state index in [1.165, 1.54) is 19.1 Å². The fourth-order valence-corrected chi connectivity index (χ4v) is 3.61. The Morgan fingerprint density at radius 1 is 1.46 bits per heavy atom. The van der Waals surface area contributed by atoms with E-state index < -0.39 is 6.10 Å². The molecule has 2 aromatic rings. The summed E-state index contributed by atoms with van der Waals surface area (Å²) in [6.45, 7) is 7.28. The second-order valence-electron chi connectivity index (χ2n) is 6.92. The van der Waals surface area contributed by atoms with E-state index in [9.17, 15) is 14.3 Å². The van der Waals surface area contributed by atoms with E-state index in [4.69, 9.17) is 4.52 Å². The summed E-state index contributed by atoms with van der Waals surface area (Å²) < 4.78 is 18.6. The average molecular weight is 363 g/mol. The van der Waals surface area contributed by atoms with Gasteiger partial charge in [0.2, 0.25) is 0 Å². The summed E-state index contributed by atoms with van der Waals surface area (Å²) in [4.78, 5) is 15.9. The fourth-order valence-electron chi connectivity index (χ4n) is 3.61. The highest BCUT2D eigenvalue weighted by atomic mass is 19.1. The third-order valence-electron chi connectivity index (χ3n) is 5.17. The van der Waals surface area contributed by atoms with Gasteiger partial charge in [0.05, 0.1) is 5.69 Å². The Labute approximate surface area is 152 Å². The Balaban J connectivity index is 1.55. The summed E-state index contributed by atoms with van der Waals surface area (Å²) in [7, 11) is 0. The number of fused-ring (bicyclic) bond motifs is 1. The predicted octanol–water partition coefficient (Wildman–Crippen LogP) is 2.38. The highest BCUT2D eigenvalue weighted by molar-refractivity contribution is 5.80. The molecule has 1 fully saturated rings. The van der Waals surface area contributed by atoms with Gasteiger partial charge in [0.15, 0.2) is 5.58 Å². The quantitative estimate of drug-likeness (QED) is 0.853. The number of amides is 1. The monoisotopic (exact) mass is 363 g/mol. The van der Waals surface area contributed by atoms with Crippen LogP contribution in [0.15, 0.2) is 22.7 Å². The van der Waals surface area contributed by atoms with Crippen LogP contribution in [0.5, 0.6) is 0 Å². The van der Waals surface area contributed by atoms with E-state index in [1.807, 2.05) is 6.92 Å². The number of aliphatic hydroxyl groups excluding tert-OH is 1. The first kappa shape index (κ1) is 18.8. The normalized spacial score (nSPS) is 17.5. The Morgan fingerprint density at radius 3 is 2.85 bits per heavy atom. The van der Waals surface area contributed by atoms with E-state index in [-0.39, 0.29) is 11.7 Å². The van der Waals surface area contributed by atoms with Crippen molar-refractivity contribution in [2.75, 3.05) is 32.7 Å². The van der Waals surface area contributed by atoms with Crippen LogP contribution in [0, 0.1) is 5.82 Å². The Kier molecular flexibility index (Phi) is 5.88. The molecule has 0 radical (unpaired) electrons. The zero-order valence-corrected chi connectivity index (χ0v) is 15.3. The summed E-state index contributed by atoms with van der Waals surface area (Å²) in [5.74, 6) is -0.231. The van der Waals surface area contributed by atoms with Gasteiger partial charge in [-0.2, -0.15) is 0 Å². The number of piperidine rings is 1. The van der Waals surface area contributed by atoms with Gasteiger partial charge in [-0.15, -0.1) is 0 Å². The smallest absolute Gasteiger partial charge is 0.251 e. The van der Waals surface area contributed by atoms with Crippen LogP contribution in [-0.2, 0) is 4.79 Å². The Bertz CT molecular complexity index is 754. The molecule has 1 amide bonds. The number of likely N-dealkylation sites (tertiary alicyclic amines) is 1. The van der Waals surface area contributed by atoms with Crippen molar-refractivity contribution in [1.29, 1.82) is 0 Å². The highest BCUT2D eigenvalue weighted by Gasteiger charge is 2.26. The van der Waals surface area contributed by atoms with Crippen molar-refractivity contribution in [2.45, 2.75) is 38.7 Å². The first-order chi connectivity index (χ1) is 12.5. The molecule has 1 aliphatic rings. The number of carbonyl (C=O) groups is 1. The largest absolute Gasteiger partial charge is 0.384 e. The van der Waals surface area contributed by atoms with Crippen LogP contribution in [0.2, 0.25) is 0 Å². The molecule has 0 saturated carbocycles. The van der Waals surface area contributed by atoms with Crippen molar-refractivity contribution in [3.63, 3.8) is 0 Å². The second kappa shape index (κ2) is 8.14. The number of aromatic nitrogens is 1. The maximum absolute atomic E-state index is 13.3. The van der Waals surface area contributed by atoms with Gasteiger partial charge in [0.25, 0.3) is 5.91 Å². The number of aliphatic hydroxyl groups is 1. The number of hydrogen-bond acceptors (Lipinski definition) is 5. The molecule has 1 atom stereocenters. The first-order valence-electron chi connectivity index (χ1n) is 9.23. The molecule has 1 N–H and O–H groups in total. The molecule has 1 aromatic heterocycles. The van der Waals surface area contributed by atoms with Crippen LogP contribution in [0.4, 0.5) is 4.39 Å². The standard InChI is InChI=1S/C19H26FN3O3/c1-3-23(19(25)13(2)24)11-10-22-8-6-14(7-9-22)18-16-5-4-15(20)12-17(16)26-21-18/h4-5,12-14,24H,3,6-11H2,1-2H3/t13-/m0/s1. The van der Waals surface area contributed by atoms with Crippen molar-refractivity contribution in [1.82, 2.24) is 15.0 Å². The van der Waals surface area contributed by atoms with Gasteiger partial charge in [-0.3, -0.25) is 4.79 Å². The van der Waals surface area contributed by atoms with Crippen LogP contribution < -0.4 is 0 Å². The maximum Gasteiger partial charge on any atom is 0.251 e. The molecule has 1 aromatic carbocycles. The molecule has 3 rings (SSSR count). The lowest BCUT2D eigenvalue weighted by atomic mass is 9.91. The minimum atomic E-state index is -0.953. The molecule has 0 bridgehead atoms. The molecule has 0 unspecified atom stereocenters. The number of rotatable bonds is 6. The third-order valence-corrected chi connectivity index (χ3v) is 5.17. The van der Waals surface area contributed by atoms with Gasteiger partial charge >= 0.3 is 0 Å². The molecular formula is C19H26FN3O3. The molecular weight excluding hydrogens is 337 g/mol. The number of halogens is 1. The van der Waals surface area contributed by atoms with Crippen LogP contribution in [-0.4, -0.2) is 64.8 Å². The zero-order valence-electron chi connectivity index (χ0n) is 15.3. The number of benzene rings is 1. The van der Waals surface area contributed by atoms with E-state index in [2.05, 4.69) is 10.1 Å². The van der Waals surface area contributed by atoms with Crippen molar-refractivity contribution < 1.29 is 18.8 Å². The van der Waals surface area contributed by atoms with Crippen LogP contribution in [0.1, 0.15) is 38.3 Å². The molecule has 1 saturated heterocycles. The molecule has 7 heteroatoms. The van der Waals surface area contributed by atoms with Gasteiger partial charge in [0, 0.05) is 37.0 Å². The van der Waals surface area contributed by atoms with Crippen molar-refractivity contribution >= 4 is 16.9 Å². The lowest BCUT2D eigenvalue weighted by molar-refractivity contribution is -0.139. The van der Waals surface area contributed by atoms with Gasteiger partial charge in [-0.1, -0.05) is 5.16 Å². The minimum absolute atomic E-state index is 0.219. The molecule has 2 heterocycles. The topological polar surface area (TPSA) is 69.8 Å². The maximum atomic E-state index is 13.3. The Morgan fingerprint density at radius 2 is 2.19 bits per heavy atom. The molecule has 1 aliphatic heterocycles. The van der Waals surface area contributed by atoms with E-state index in [0.717, 1.165) is 43.6 Å². The van der Waals surface area contributed by atoms with Crippen LogP contribution >= 0.6 is 0 Å². The minimum Gasteiger partial charge on any atom is -0.384 e. The van der Waals surface area contributed by atoms with Crippen LogP contribution in [0.25, 0.3) is 11.0 Å². The molecule has 26 heavy (non-hydrogen) atoms. The summed E-state index contributed by atoms with van der Waals surface area (Å²) >= 11 is 0. The van der Waals surface area contributed by atoms with Gasteiger partial charge in [-0.05, 0) is 51.9 Å². The second-order valence-corrected chi connectivity index (χ2v) is 6.92. The number of carbonyl (C=O) groups excluding carboxylic acids is 1. The first-order valence-corrected chi connectivity index (χ1v) is 9.23. The summed E-state index contributed by atoms with van der Waals surface area (Å²) in [6.07, 6.45) is 0.955. The fraction of sp³-hybridized carbons (Fsp3) is 0.579. The molecule has 0 spiro atoms. The average Bonchev–Trinajstić information content (AvgIpc) is 3.05. The SMILES string of the molecule is CCN(CCN1CCC(c2noc3cc(F)ccc23)CC1)C(=O)[C@H](C)O. The third kappa shape index (κ3) is 4.04. The summed E-state index contributed by atoms with van der Waals surface area (Å²) in [5.41, 5.74) is 1.41. The number of hydrogen-bond donors (Lipinski definition) is 1.